The minimum absolute atomic E-state index is 0.0657. The maximum atomic E-state index is 12.3. The molecule has 3 N–H and O–H groups in total. The topological polar surface area (TPSA) is 89.9 Å². The van der Waals surface area contributed by atoms with Gasteiger partial charge in [0, 0.05) is 11.0 Å². The SMILES string of the molecule is O=C(O)c1ccc(Br)c(NC(=O)N2CCCCC2CO)c1. The molecule has 0 radical (unpaired) electrons. The number of piperidine rings is 1. The van der Waals surface area contributed by atoms with Crippen LogP contribution in [0, 0.1) is 0 Å². The highest BCUT2D eigenvalue weighted by Crippen LogP contribution is 2.25. The van der Waals surface area contributed by atoms with E-state index in [1.165, 1.54) is 12.1 Å². The van der Waals surface area contributed by atoms with Crippen molar-refractivity contribution in [3.63, 3.8) is 0 Å². The van der Waals surface area contributed by atoms with Crippen LogP contribution in [0.25, 0.3) is 0 Å². The quantitative estimate of drug-likeness (QED) is 0.776. The molecule has 1 aromatic rings. The van der Waals surface area contributed by atoms with Crippen LogP contribution in [0.1, 0.15) is 29.6 Å². The van der Waals surface area contributed by atoms with Crippen LogP contribution >= 0.6 is 15.9 Å². The van der Waals surface area contributed by atoms with Crippen LogP contribution in [-0.4, -0.2) is 46.3 Å². The molecular weight excluding hydrogens is 340 g/mol. The third-order valence-corrected chi connectivity index (χ3v) is 4.25. The van der Waals surface area contributed by atoms with E-state index < -0.39 is 5.97 Å². The summed E-state index contributed by atoms with van der Waals surface area (Å²) < 4.78 is 0.610. The molecule has 1 unspecified atom stereocenters. The molecule has 0 aromatic heterocycles. The molecule has 1 aliphatic heterocycles. The highest BCUT2D eigenvalue weighted by atomic mass is 79.9. The lowest BCUT2D eigenvalue weighted by molar-refractivity contribution is 0.0697. The summed E-state index contributed by atoms with van der Waals surface area (Å²) in [5, 5.41) is 21.0. The molecule has 1 heterocycles. The fourth-order valence-electron chi connectivity index (χ4n) is 2.40. The van der Waals surface area contributed by atoms with Gasteiger partial charge in [-0.05, 0) is 53.4 Å². The van der Waals surface area contributed by atoms with Gasteiger partial charge in [-0.15, -0.1) is 0 Å². The Morgan fingerprint density at radius 2 is 2.14 bits per heavy atom. The van der Waals surface area contributed by atoms with Crippen molar-refractivity contribution >= 4 is 33.6 Å². The molecule has 1 aromatic carbocycles. The second-order valence-corrected chi connectivity index (χ2v) is 5.81. The lowest BCUT2D eigenvalue weighted by Gasteiger charge is -2.34. The van der Waals surface area contributed by atoms with E-state index in [1.807, 2.05) is 0 Å². The second kappa shape index (κ2) is 6.91. The van der Waals surface area contributed by atoms with Gasteiger partial charge < -0.3 is 20.4 Å². The summed E-state index contributed by atoms with van der Waals surface area (Å²) in [4.78, 5) is 24.9. The van der Waals surface area contributed by atoms with Gasteiger partial charge in [0.2, 0.25) is 0 Å². The number of amides is 2. The number of aliphatic hydroxyl groups is 1. The number of carboxylic acid groups (broad SMARTS) is 1. The van der Waals surface area contributed by atoms with Crippen molar-refractivity contribution in [1.29, 1.82) is 0 Å². The second-order valence-electron chi connectivity index (χ2n) is 4.96. The number of halogens is 1. The Bertz CT molecular complexity index is 550. The molecule has 0 spiro atoms. The highest BCUT2D eigenvalue weighted by molar-refractivity contribution is 9.10. The zero-order valence-electron chi connectivity index (χ0n) is 11.4. The first-order chi connectivity index (χ1) is 10.0. The zero-order valence-corrected chi connectivity index (χ0v) is 13.0. The Balaban J connectivity index is 2.15. The summed E-state index contributed by atoms with van der Waals surface area (Å²) in [7, 11) is 0. The number of aromatic carboxylic acids is 1. The largest absolute Gasteiger partial charge is 0.478 e. The number of urea groups is 1. The van der Waals surface area contributed by atoms with E-state index in [2.05, 4.69) is 21.2 Å². The molecule has 7 heteroatoms. The minimum Gasteiger partial charge on any atom is -0.478 e. The van der Waals surface area contributed by atoms with Gasteiger partial charge in [-0.2, -0.15) is 0 Å². The molecule has 0 saturated carbocycles. The van der Waals surface area contributed by atoms with Gasteiger partial charge in [0.05, 0.1) is 23.9 Å². The van der Waals surface area contributed by atoms with E-state index in [4.69, 9.17) is 5.11 Å². The number of hydrogen-bond acceptors (Lipinski definition) is 3. The van der Waals surface area contributed by atoms with Gasteiger partial charge in [-0.3, -0.25) is 0 Å². The number of likely N-dealkylation sites (tertiary alicyclic amines) is 1. The number of benzene rings is 1. The highest BCUT2D eigenvalue weighted by Gasteiger charge is 2.26. The zero-order chi connectivity index (χ0) is 15.4. The number of carboxylic acids is 1. The summed E-state index contributed by atoms with van der Waals surface area (Å²) in [6.45, 7) is 0.525. The molecule has 2 rings (SSSR count). The maximum absolute atomic E-state index is 12.3. The molecule has 0 bridgehead atoms. The number of hydrogen-bond donors (Lipinski definition) is 3. The number of anilines is 1. The van der Waals surface area contributed by atoms with Gasteiger partial charge in [-0.25, -0.2) is 9.59 Å². The van der Waals surface area contributed by atoms with E-state index in [0.717, 1.165) is 19.3 Å². The lowest BCUT2D eigenvalue weighted by Crippen LogP contribution is -2.47. The van der Waals surface area contributed by atoms with Gasteiger partial charge in [-0.1, -0.05) is 0 Å². The van der Waals surface area contributed by atoms with Crippen LogP contribution in [0.2, 0.25) is 0 Å². The fraction of sp³-hybridized carbons (Fsp3) is 0.429. The average molecular weight is 357 g/mol. The third kappa shape index (κ3) is 3.74. The van der Waals surface area contributed by atoms with E-state index in [-0.39, 0.29) is 24.2 Å². The minimum atomic E-state index is -1.05. The third-order valence-electron chi connectivity index (χ3n) is 3.55. The van der Waals surface area contributed by atoms with E-state index in [9.17, 15) is 14.7 Å². The molecule has 2 amide bonds. The molecule has 1 atom stereocenters. The number of carbonyl (C=O) groups is 2. The monoisotopic (exact) mass is 356 g/mol. The van der Waals surface area contributed by atoms with Crippen LogP contribution in [0.5, 0.6) is 0 Å². The molecule has 0 aliphatic carbocycles. The van der Waals surface area contributed by atoms with Crippen LogP contribution in [0.15, 0.2) is 22.7 Å². The molecular formula is C14H17BrN2O4. The standard InChI is InChI=1S/C14H17BrN2O4/c15-11-5-4-9(13(19)20)7-12(11)16-14(21)17-6-2-1-3-10(17)8-18/h4-5,7,10,18H,1-3,6,8H2,(H,16,21)(H,19,20). The molecule has 1 fully saturated rings. The van der Waals surface area contributed by atoms with Gasteiger partial charge in [0.15, 0.2) is 0 Å². The van der Waals surface area contributed by atoms with E-state index in [1.54, 1.807) is 11.0 Å². The fourth-order valence-corrected chi connectivity index (χ4v) is 2.74. The average Bonchev–Trinajstić information content (AvgIpc) is 2.49. The van der Waals surface area contributed by atoms with Crippen molar-refractivity contribution in [1.82, 2.24) is 4.90 Å². The molecule has 21 heavy (non-hydrogen) atoms. The summed E-state index contributed by atoms with van der Waals surface area (Å²) in [5.74, 6) is -1.05. The maximum Gasteiger partial charge on any atom is 0.335 e. The normalized spacial score (nSPS) is 18.4. The summed E-state index contributed by atoms with van der Waals surface area (Å²) >= 11 is 3.29. The number of nitrogens with zero attached hydrogens (tertiary/aromatic N) is 1. The van der Waals surface area contributed by atoms with Crippen molar-refractivity contribution in [2.45, 2.75) is 25.3 Å². The summed E-state index contributed by atoms with van der Waals surface area (Å²) in [5.41, 5.74) is 0.507. The van der Waals surface area contributed by atoms with Crippen LogP contribution < -0.4 is 5.32 Å². The van der Waals surface area contributed by atoms with Crippen molar-refractivity contribution in [3.05, 3.63) is 28.2 Å². The Morgan fingerprint density at radius 3 is 2.81 bits per heavy atom. The first kappa shape index (κ1) is 15.8. The molecule has 6 nitrogen and oxygen atoms in total. The van der Waals surface area contributed by atoms with Crippen molar-refractivity contribution in [2.24, 2.45) is 0 Å². The molecule has 1 aliphatic rings. The number of aliphatic hydroxyl groups excluding tert-OH is 1. The van der Waals surface area contributed by atoms with Crippen LogP contribution in [-0.2, 0) is 0 Å². The smallest absolute Gasteiger partial charge is 0.335 e. The first-order valence-electron chi connectivity index (χ1n) is 6.74. The number of nitrogens with one attached hydrogen (secondary N) is 1. The van der Waals surface area contributed by atoms with Crippen molar-refractivity contribution in [2.75, 3.05) is 18.5 Å². The summed E-state index contributed by atoms with van der Waals surface area (Å²) in [6, 6.07) is 3.94. The Hall–Kier alpha value is -1.60. The Morgan fingerprint density at radius 1 is 1.38 bits per heavy atom. The van der Waals surface area contributed by atoms with Gasteiger partial charge >= 0.3 is 12.0 Å². The first-order valence-corrected chi connectivity index (χ1v) is 7.53. The predicted molar refractivity (Wildman–Crippen MR) is 81.6 cm³/mol. The number of carbonyl (C=O) groups excluding carboxylic acids is 1. The van der Waals surface area contributed by atoms with Crippen molar-refractivity contribution in [3.8, 4) is 0 Å². The van der Waals surface area contributed by atoms with Crippen molar-refractivity contribution < 1.29 is 19.8 Å². The van der Waals surface area contributed by atoms with E-state index >= 15 is 0 Å². The lowest BCUT2D eigenvalue weighted by atomic mass is 10.0. The van der Waals surface area contributed by atoms with Crippen LogP contribution in [0.3, 0.4) is 0 Å². The Kier molecular flexibility index (Phi) is 5.19. The number of rotatable bonds is 3. The predicted octanol–water partition coefficient (Wildman–Crippen LogP) is 2.53. The molecule has 114 valence electrons. The molecule has 1 saturated heterocycles. The summed E-state index contributed by atoms with van der Waals surface area (Å²) in [6.07, 6.45) is 2.67. The van der Waals surface area contributed by atoms with Gasteiger partial charge in [0.1, 0.15) is 0 Å². The Labute approximate surface area is 130 Å². The van der Waals surface area contributed by atoms with Crippen LogP contribution in [0.4, 0.5) is 10.5 Å². The van der Waals surface area contributed by atoms with E-state index in [0.29, 0.717) is 16.7 Å². The van der Waals surface area contributed by atoms with Gasteiger partial charge in [0.25, 0.3) is 0 Å².